The Hall–Kier alpha value is -3.27. The lowest BCUT2D eigenvalue weighted by atomic mass is 10.00. The molecular weight excluding hydrogens is 376 g/mol. The molecule has 0 radical (unpaired) electrons. The molecule has 0 unspecified atom stereocenters. The normalized spacial score (nSPS) is 10.7. The Kier molecular flexibility index (Phi) is 7.50. The van der Waals surface area contributed by atoms with E-state index in [0.717, 1.165) is 55.2 Å². The highest BCUT2D eigenvalue weighted by Crippen LogP contribution is 2.23. The van der Waals surface area contributed by atoms with E-state index in [2.05, 4.69) is 24.3 Å². The van der Waals surface area contributed by atoms with Gasteiger partial charge in [-0.15, -0.1) is 0 Å². The minimum atomic E-state index is -0.509. The molecule has 0 aromatic heterocycles. The Morgan fingerprint density at radius 3 is 1.87 bits per heavy atom. The first kappa shape index (κ1) is 21.4. The summed E-state index contributed by atoms with van der Waals surface area (Å²) >= 11 is 0. The van der Waals surface area contributed by atoms with Crippen molar-refractivity contribution >= 4 is 5.97 Å². The molecule has 0 saturated carbocycles. The molecule has 3 aromatic rings. The van der Waals surface area contributed by atoms with Crippen LogP contribution in [0, 0.1) is 0 Å². The molecule has 156 valence electrons. The second-order valence-corrected chi connectivity index (χ2v) is 7.50. The fraction of sp³-hybridized carbons (Fsp3) is 0.269. The van der Waals surface area contributed by atoms with E-state index in [1.165, 1.54) is 12.7 Å². The van der Waals surface area contributed by atoms with Gasteiger partial charge in [0, 0.05) is 0 Å². The number of hydrogen-bond acceptors (Lipinski definition) is 4. The van der Waals surface area contributed by atoms with E-state index in [-0.39, 0.29) is 17.1 Å². The first-order valence-electron chi connectivity index (χ1n) is 10.4. The van der Waals surface area contributed by atoms with E-state index in [0.29, 0.717) is 0 Å². The van der Waals surface area contributed by atoms with Crippen molar-refractivity contribution in [1.29, 1.82) is 0 Å². The van der Waals surface area contributed by atoms with Crippen LogP contribution in [0.25, 0.3) is 11.1 Å². The van der Waals surface area contributed by atoms with Gasteiger partial charge in [-0.25, -0.2) is 4.79 Å². The molecule has 0 heterocycles. The molecule has 3 aromatic carbocycles. The minimum Gasteiger partial charge on any atom is -0.508 e. The highest BCUT2D eigenvalue weighted by molar-refractivity contribution is 5.92. The average molecular weight is 405 g/mol. The molecule has 0 bridgehead atoms. The van der Waals surface area contributed by atoms with Gasteiger partial charge in [-0.1, -0.05) is 55.3 Å². The van der Waals surface area contributed by atoms with Gasteiger partial charge in [0.15, 0.2) is 0 Å². The molecule has 3 rings (SSSR count). The lowest BCUT2D eigenvalue weighted by Crippen LogP contribution is -2.02. The maximum absolute atomic E-state index is 11.7. The summed E-state index contributed by atoms with van der Waals surface area (Å²) < 4.78 is 4.70. The molecule has 0 saturated heterocycles. The number of rotatable bonds is 9. The Bertz CT molecular complexity index is 959. The summed E-state index contributed by atoms with van der Waals surface area (Å²) in [6.45, 7) is 0. The molecule has 0 aliphatic heterocycles. The van der Waals surface area contributed by atoms with Crippen molar-refractivity contribution in [2.24, 2.45) is 0 Å². The number of aryl methyl sites for hydroxylation is 2. The number of aromatic hydroxyl groups is 2. The molecule has 4 nitrogen and oxygen atoms in total. The standard InChI is InChI=1S/C26H28O4/c1-30-26(29)24-18-20(10-17-25(24)28)7-5-3-2-4-6-19-8-11-21(12-9-19)22-13-15-23(27)16-14-22/h8-18,27-28H,2-7H2,1H3. The number of phenolic OH excluding ortho intramolecular Hbond substituents is 2. The summed E-state index contributed by atoms with van der Waals surface area (Å²) in [5.74, 6) is -0.266. The van der Waals surface area contributed by atoms with E-state index in [4.69, 9.17) is 4.74 Å². The van der Waals surface area contributed by atoms with E-state index in [1.807, 2.05) is 18.2 Å². The molecule has 30 heavy (non-hydrogen) atoms. The Balaban J connectivity index is 1.39. The van der Waals surface area contributed by atoms with Gasteiger partial charge in [0.25, 0.3) is 0 Å². The van der Waals surface area contributed by atoms with Crippen molar-refractivity contribution < 1.29 is 19.7 Å². The quantitative estimate of drug-likeness (QED) is 0.344. The summed E-state index contributed by atoms with van der Waals surface area (Å²) in [5, 5.41) is 19.2. The number of carbonyl (C=O) groups excluding carboxylic acids is 1. The first-order chi connectivity index (χ1) is 14.6. The van der Waals surface area contributed by atoms with Crippen LogP contribution in [0.5, 0.6) is 11.5 Å². The highest BCUT2D eigenvalue weighted by Gasteiger charge is 2.11. The third-order valence-corrected chi connectivity index (χ3v) is 5.30. The molecule has 0 fully saturated rings. The fourth-order valence-corrected chi connectivity index (χ4v) is 3.54. The van der Waals surface area contributed by atoms with Crippen LogP contribution in [-0.4, -0.2) is 23.3 Å². The molecule has 0 amide bonds. The third kappa shape index (κ3) is 5.86. The first-order valence-corrected chi connectivity index (χ1v) is 10.4. The number of methoxy groups -OCH3 is 1. The van der Waals surface area contributed by atoms with Crippen molar-refractivity contribution in [2.45, 2.75) is 38.5 Å². The largest absolute Gasteiger partial charge is 0.508 e. The van der Waals surface area contributed by atoms with Crippen LogP contribution in [0.15, 0.2) is 66.7 Å². The van der Waals surface area contributed by atoms with Gasteiger partial charge >= 0.3 is 5.97 Å². The van der Waals surface area contributed by atoms with Crippen LogP contribution in [0.4, 0.5) is 0 Å². The minimum absolute atomic E-state index is 0.0398. The molecule has 0 aliphatic rings. The van der Waals surface area contributed by atoms with Gasteiger partial charge in [0.05, 0.1) is 7.11 Å². The number of phenols is 2. The molecule has 4 heteroatoms. The monoisotopic (exact) mass is 404 g/mol. The predicted molar refractivity (Wildman–Crippen MR) is 119 cm³/mol. The average Bonchev–Trinajstić information content (AvgIpc) is 2.77. The van der Waals surface area contributed by atoms with Crippen molar-refractivity contribution in [3.63, 3.8) is 0 Å². The molecular formula is C26H28O4. The molecule has 2 N–H and O–H groups in total. The summed E-state index contributed by atoms with van der Waals surface area (Å²) in [6, 6.07) is 21.0. The van der Waals surface area contributed by atoms with E-state index < -0.39 is 5.97 Å². The number of carbonyl (C=O) groups is 1. The van der Waals surface area contributed by atoms with E-state index in [1.54, 1.807) is 24.3 Å². The van der Waals surface area contributed by atoms with Crippen LogP contribution in [0.1, 0.15) is 47.2 Å². The maximum Gasteiger partial charge on any atom is 0.341 e. The van der Waals surface area contributed by atoms with Crippen molar-refractivity contribution in [2.75, 3.05) is 7.11 Å². The Morgan fingerprint density at radius 2 is 1.27 bits per heavy atom. The molecule has 0 aliphatic carbocycles. The lowest BCUT2D eigenvalue weighted by Gasteiger charge is -2.07. The van der Waals surface area contributed by atoms with Gasteiger partial charge < -0.3 is 14.9 Å². The van der Waals surface area contributed by atoms with Crippen molar-refractivity contribution in [3.8, 4) is 22.6 Å². The second-order valence-electron chi connectivity index (χ2n) is 7.50. The van der Waals surface area contributed by atoms with Crippen LogP contribution >= 0.6 is 0 Å². The van der Waals surface area contributed by atoms with Gasteiger partial charge in [-0.3, -0.25) is 0 Å². The number of esters is 1. The fourth-order valence-electron chi connectivity index (χ4n) is 3.54. The van der Waals surface area contributed by atoms with Gasteiger partial charge in [-0.05, 0) is 72.2 Å². The zero-order valence-corrected chi connectivity index (χ0v) is 17.3. The third-order valence-electron chi connectivity index (χ3n) is 5.30. The summed E-state index contributed by atoms with van der Waals surface area (Å²) in [7, 11) is 1.31. The van der Waals surface area contributed by atoms with Gasteiger partial charge in [0.2, 0.25) is 0 Å². The molecule has 0 atom stereocenters. The van der Waals surface area contributed by atoms with Crippen molar-refractivity contribution in [3.05, 3.63) is 83.4 Å². The van der Waals surface area contributed by atoms with Crippen LogP contribution in [0.2, 0.25) is 0 Å². The number of hydrogen-bond donors (Lipinski definition) is 2. The predicted octanol–water partition coefficient (Wildman–Crippen LogP) is 5.90. The zero-order chi connectivity index (χ0) is 21.3. The van der Waals surface area contributed by atoms with E-state index >= 15 is 0 Å². The van der Waals surface area contributed by atoms with Crippen LogP contribution in [0.3, 0.4) is 0 Å². The SMILES string of the molecule is COC(=O)c1cc(CCCCCCc2ccc(-c3ccc(O)cc3)cc2)ccc1O. The van der Waals surface area contributed by atoms with Gasteiger partial charge in [0.1, 0.15) is 17.1 Å². The Labute approximate surface area is 177 Å². The van der Waals surface area contributed by atoms with Gasteiger partial charge in [-0.2, -0.15) is 0 Å². The van der Waals surface area contributed by atoms with E-state index in [9.17, 15) is 15.0 Å². The highest BCUT2D eigenvalue weighted by atomic mass is 16.5. The zero-order valence-electron chi connectivity index (χ0n) is 17.3. The molecule has 0 spiro atoms. The summed E-state index contributed by atoms with van der Waals surface area (Å²) in [5.41, 5.74) is 4.85. The van der Waals surface area contributed by atoms with Crippen molar-refractivity contribution in [1.82, 2.24) is 0 Å². The second kappa shape index (κ2) is 10.5. The smallest absolute Gasteiger partial charge is 0.341 e. The summed E-state index contributed by atoms with van der Waals surface area (Å²) in [6.07, 6.45) is 6.40. The van der Waals surface area contributed by atoms with Crippen LogP contribution < -0.4 is 0 Å². The number of ether oxygens (including phenoxy) is 1. The number of unbranched alkanes of at least 4 members (excludes halogenated alkanes) is 3. The topological polar surface area (TPSA) is 66.8 Å². The Morgan fingerprint density at radius 1 is 0.733 bits per heavy atom. The number of benzene rings is 3. The maximum atomic E-state index is 11.7. The van der Waals surface area contributed by atoms with Crippen LogP contribution in [-0.2, 0) is 17.6 Å². The lowest BCUT2D eigenvalue weighted by molar-refractivity contribution is 0.0597. The summed E-state index contributed by atoms with van der Waals surface area (Å²) in [4.78, 5) is 11.7.